The van der Waals surface area contributed by atoms with E-state index in [0.717, 1.165) is 23.5 Å². The van der Waals surface area contributed by atoms with Crippen LogP contribution in [0.2, 0.25) is 0 Å². The molecule has 0 spiro atoms. The molecule has 3 aromatic rings. The van der Waals surface area contributed by atoms with E-state index >= 15 is 0 Å². The molecule has 154 valence electrons. The average Bonchev–Trinajstić information content (AvgIpc) is 3.09. The highest BCUT2D eigenvalue weighted by Crippen LogP contribution is 2.33. The number of thiazole rings is 1. The Labute approximate surface area is 169 Å². The monoisotopic (exact) mass is 425 g/mol. The van der Waals surface area contributed by atoms with Gasteiger partial charge in [-0.05, 0) is 57.4 Å². The maximum absolute atomic E-state index is 14.0. The van der Waals surface area contributed by atoms with E-state index in [9.17, 15) is 22.4 Å². The molecule has 29 heavy (non-hydrogen) atoms. The first-order valence-electron chi connectivity index (χ1n) is 8.85. The molecule has 0 aliphatic heterocycles. The Bertz CT molecular complexity index is 1020. The van der Waals surface area contributed by atoms with Gasteiger partial charge >= 0.3 is 6.18 Å². The molecule has 0 radical (unpaired) electrons. The van der Waals surface area contributed by atoms with Crippen LogP contribution >= 0.6 is 11.3 Å². The number of rotatable bonds is 6. The van der Waals surface area contributed by atoms with Gasteiger partial charge in [0.15, 0.2) is 5.13 Å². The highest BCUT2D eigenvalue weighted by atomic mass is 32.1. The van der Waals surface area contributed by atoms with Crippen molar-refractivity contribution in [3.8, 4) is 0 Å². The van der Waals surface area contributed by atoms with E-state index in [1.165, 1.54) is 23.1 Å². The van der Waals surface area contributed by atoms with Gasteiger partial charge in [-0.3, -0.25) is 9.69 Å². The highest BCUT2D eigenvalue weighted by molar-refractivity contribution is 7.22. The molecule has 0 saturated heterocycles. The summed E-state index contributed by atoms with van der Waals surface area (Å²) in [5.74, 6) is -1.11. The number of alkyl halides is 3. The Morgan fingerprint density at radius 3 is 2.48 bits per heavy atom. The van der Waals surface area contributed by atoms with Crippen LogP contribution in [0.4, 0.5) is 22.7 Å². The van der Waals surface area contributed by atoms with E-state index in [2.05, 4.69) is 4.98 Å². The lowest BCUT2D eigenvalue weighted by Gasteiger charge is -2.21. The quantitative estimate of drug-likeness (QED) is 0.519. The number of carbonyl (C=O) groups excluding carboxylic acids is 1. The van der Waals surface area contributed by atoms with Crippen LogP contribution in [0.25, 0.3) is 10.2 Å². The smallest absolute Gasteiger partial charge is 0.309 e. The summed E-state index contributed by atoms with van der Waals surface area (Å²) in [6.45, 7) is 0.917. The number of amides is 1. The van der Waals surface area contributed by atoms with Crippen LogP contribution in [0, 0.1) is 5.82 Å². The van der Waals surface area contributed by atoms with Crippen molar-refractivity contribution in [2.24, 2.45) is 0 Å². The van der Waals surface area contributed by atoms with Crippen molar-refractivity contribution >= 4 is 32.6 Å². The van der Waals surface area contributed by atoms with E-state index in [4.69, 9.17) is 0 Å². The predicted molar refractivity (Wildman–Crippen MR) is 106 cm³/mol. The zero-order valence-electron chi connectivity index (χ0n) is 15.8. The topological polar surface area (TPSA) is 36.4 Å². The number of hydrogen-bond donors (Lipinski definition) is 0. The maximum Gasteiger partial charge on any atom is 0.416 e. The fourth-order valence-corrected chi connectivity index (χ4v) is 3.84. The van der Waals surface area contributed by atoms with Crippen molar-refractivity contribution in [3.63, 3.8) is 0 Å². The summed E-state index contributed by atoms with van der Waals surface area (Å²) in [6.07, 6.45) is -3.97. The van der Waals surface area contributed by atoms with Gasteiger partial charge < -0.3 is 4.90 Å². The predicted octanol–water partition coefficient (Wildman–Crippen LogP) is 5.05. The normalized spacial score (nSPS) is 12.0. The minimum absolute atomic E-state index is 0.0931. The molecule has 0 aliphatic rings. The summed E-state index contributed by atoms with van der Waals surface area (Å²) in [7, 11) is 3.76. The van der Waals surface area contributed by atoms with Crippen LogP contribution in [0.1, 0.15) is 22.3 Å². The molecule has 1 heterocycles. The van der Waals surface area contributed by atoms with Crippen LogP contribution in [-0.2, 0) is 6.18 Å². The number of para-hydroxylation sites is 1. The molecular formula is C20H19F4N3OS. The second-order valence-electron chi connectivity index (χ2n) is 6.78. The third kappa shape index (κ3) is 4.91. The Hall–Kier alpha value is -2.52. The van der Waals surface area contributed by atoms with E-state index in [1.807, 2.05) is 19.0 Å². The van der Waals surface area contributed by atoms with Gasteiger partial charge in [-0.2, -0.15) is 13.2 Å². The molecule has 0 bridgehead atoms. The molecule has 0 atom stereocenters. The van der Waals surface area contributed by atoms with E-state index in [1.54, 1.807) is 12.1 Å². The Morgan fingerprint density at radius 2 is 1.83 bits per heavy atom. The van der Waals surface area contributed by atoms with Crippen molar-refractivity contribution in [1.82, 2.24) is 9.88 Å². The van der Waals surface area contributed by atoms with Gasteiger partial charge in [0.05, 0.1) is 10.3 Å². The molecule has 3 rings (SSSR count). The van der Waals surface area contributed by atoms with Gasteiger partial charge in [0, 0.05) is 12.1 Å². The SMILES string of the molecule is CN(C)CCCN(C(=O)c1cccc(C(F)(F)F)c1)c1nc2c(F)cccc2s1. The van der Waals surface area contributed by atoms with Gasteiger partial charge in [0.1, 0.15) is 11.3 Å². The zero-order chi connectivity index (χ0) is 21.2. The van der Waals surface area contributed by atoms with Crippen molar-refractivity contribution < 1.29 is 22.4 Å². The Morgan fingerprint density at radius 1 is 1.10 bits per heavy atom. The summed E-state index contributed by atoms with van der Waals surface area (Å²) < 4.78 is 53.7. The molecule has 0 saturated carbocycles. The molecular weight excluding hydrogens is 406 g/mol. The summed E-state index contributed by atoms with van der Waals surface area (Å²) in [5, 5.41) is 0.256. The van der Waals surface area contributed by atoms with Crippen molar-refractivity contribution in [2.75, 3.05) is 32.1 Å². The van der Waals surface area contributed by atoms with Crippen molar-refractivity contribution in [3.05, 3.63) is 59.4 Å². The van der Waals surface area contributed by atoms with Crippen molar-refractivity contribution in [2.45, 2.75) is 12.6 Å². The van der Waals surface area contributed by atoms with Gasteiger partial charge in [-0.25, -0.2) is 9.37 Å². The van der Waals surface area contributed by atoms with Crippen molar-refractivity contribution in [1.29, 1.82) is 0 Å². The molecule has 2 aromatic carbocycles. The molecule has 0 N–H and O–H groups in total. The lowest BCUT2D eigenvalue weighted by atomic mass is 10.1. The number of fused-ring (bicyclic) bond motifs is 1. The first-order valence-corrected chi connectivity index (χ1v) is 9.67. The fourth-order valence-electron chi connectivity index (χ4n) is 2.83. The summed E-state index contributed by atoms with van der Waals surface area (Å²) >= 11 is 1.13. The first-order chi connectivity index (χ1) is 13.7. The van der Waals surface area contributed by atoms with Crippen LogP contribution < -0.4 is 4.90 Å². The fraction of sp³-hybridized carbons (Fsp3) is 0.300. The summed E-state index contributed by atoms with van der Waals surface area (Å²) in [5.41, 5.74) is -0.849. The maximum atomic E-state index is 14.0. The third-order valence-electron chi connectivity index (χ3n) is 4.26. The molecule has 0 aliphatic carbocycles. The van der Waals surface area contributed by atoms with Gasteiger partial charge in [0.2, 0.25) is 0 Å². The molecule has 1 aromatic heterocycles. The van der Waals surface area contributed by atoms with Crippen LogP contribution in [0.5, 0.6) is 0 Å². The summed E-state index contributed by atoms with van der Waals surface area (Å²) in [4.78, 5) is 20.6. The first kappa shape index (κ1) is 21.2. The minimum Gasteiger partial charge on any atom is -0.309 e. The van der Waals surface area contributed by atoms with Crippen LogP contribution in [-0.4, -0.2) is 43.0 Å². The lowest BCUT2D eigenvalue weighted by Crippen LogP contribution is -2.33. The molecule has 4 nitrogen and oxygen atoms in total. The lowest BCUT2D eigenvalue weighted by molar-refractivity contribution is -0.137. The van der Waals surface area contributed by atoms with E-state index < -0.39 is 23.5 Å². The highest BCUT2D eigenvalue weighted by Gasteiger charge is 2.31. The zero-order valence-corrected chi connectivity index (χ0v) is 16.6. The molecule has 1 amide bonds. The standard InChI is InChI=1S/C20H19F4N3OS/c1-26(2)10-5-11-27(19-25-17-15(21)8-4-9-16(17)29-19)18(28)13-6-3-7-14(12-13)20(22,23)24/h3-4,6-9,12H,5,10-11H2,1-2H3. The number of halogens is 4. The number of nitrogens with zero attached hydrogens (tertiary/aromatic N) is 3. The number of anilines is 1. The number of aromatic nitrogens is 1. The number of hydrogen-bond acceptors (Lipinski definition) is 4. The minimum atomic E-state index is -4.55. The molecule has 9 heteroatoms. The van der Waals surface area contributed by atoms with Gasteiger partial charge in [0.25, 0.3) is 5.91 Å². The van der Waals surface area contributed by atoms with E-state index in [-0.39, 0.29) is 22.8 Å². The second-order valence-corrected chi connectivity index (χ2v) is 7.78. The van der Waals surface area contributed by atoms with Crippen LogP contribution in [0.3, 0.4) is 0 Å². The Balaban J connectivity index is 1.98. The molecule has 0 unspecified atom stereocenters. The van der Waals surface area contributed by atoms with E-state index in [0.29, 0.717) is 17.7 Å². The second kappa shape index (κ2) is 8.46. The largest absolute Gasteiger partial charge is 0.416 e. The number of benzene rings is 2. The third-order valence-corrected chi connectivity index (χ3v) is 5.30. The van der Waals surface area contributed by atoms with Crippen LogP contribution in [0.15, 0.2) is 42.5 Å². The Kier molecular flexibility index (Phi) is 6.18. The number of carbonyl (C=O) groups is 1. The van der Waals surface area contributed by atoms with Gasteiger partial charge in [-0.1, -0.05) is 23.5 Å². The molecule has 0 fully saturated rings. The summed E-state index contributed by atoms with van der Waals surface area (Å²) in [6, 6.07) is 8.79. The van der Waals surface area contributed by atoms with Gasteiger partial charge in [-0.15, -0.1) is 0 Å². The average molecular weight is 425 g/mol.